The van der Waals surface area contributed by atoms with Gasteiger partial charge < -0.3 is 4.74 Å². The molecule has 0 unspecified atom stereocenters. The van der Waals surface area contributed by atoms with E-state index in [1.807, 2.05) is 66.4 Å². The number of methoxy groups -OCH3 is 1. The molecule has 0 spiro atoms. The first-order chi connectivity index (χ1) is 15.7. The SMILES string of the molecule is COc1ccc(C)cc1N=C1SCCCN1C(=O)CC(c1ccccc1)c1ccccc1. The van der Waals surface area contributed by atoms with Gasteiger partial charge in [0.25, 0.3) is 0 Å². The molecule has 1 saturated heterocycles. The summed E-state index contributed by atoms with van der Waals surface area (Å²) in [6.07, 6.45) is 1.36. The van der Waals surface area contributed by atoms with Crippen molar-refractivity contribution in [3.05, 3.63) is 95.6 Å². The molecule has 1 heterocycles. The number of nitrogens with zero attached hydrogens (tertiary/aromatic N) is 2. The third-order valence-electron chi connectivity index (χ3n) is 5.62. The summed E-state index contributed by atoms with van der Waals surface area (Å²) < 4.78 is 5.50. The lowest BCUT2D eigenvalue weighted by Crippen LogP contribution is -2.39. The molecular formula is C27H28N2O2S. The zero-order chi connectivity index (χ0) is 22.3. The van der Waals surface area contributed by atoms with E-state index in [-0.39, 0.29) is 11.8 Å². The van der Waals surface area contributed by atoms with Gasteiger partial charge in [-0.05, 0) is 42.2 Å². The highest BCUT2D eigenvalue weighted by atomic mass is 32.2. The zero-order valence-corrected chi connectivity index (χ0v) is 19.3. The lowest BCUT2D eigenvalue weighted by atomic mass is 9.88. The van der Waals surface area contributed by atoms with E-state index >= 15 is 0 Å². The molecule has 0 bridgehead atoms. The van der Waals surface area contributed by atoms with Gasteiger partial charge in [-0.1, -0.05) is 78.5 Å². The fourth-order valence-corrected chi connectivity index (χ4v) is 4.93. The van der Waals surface area contributed by atoms with E-state index < -0.39 is 0 Å². The lowest BCUT2D eigenvalue weighted by Gasteiger charge is -2.29. The van der Waals surface area contributed by atoms with Gasteiger partial charge in [0.05, 0.1) is 7.11 Å². The maximum atomic E-state index is 13.6. The van der Waals surface area contributed by atoms with Crippen LogP contribution in [0.3, 0.4) is 0 Å². The van der Waals surface area contributed by atoms with Crippen LogP contribution in [0.5, 0.6) is 5.75 Å². The Bertz CT molecular complexity index is 1040. The maximum Gasteiger partial charge on any atom is 0.229 e. The molecular weight excluding hydrogens is 416 g/mol. The van der Waals surface area contributed by atoms with Crippen molar-refractivity contribution in [2.75, 3.05) is 19.4 Å². The van der Waals surface area contributed by atoms with Crippen molar-refractivity contribution in [3.8, 4) is 5.75 Å². The molecule has 1 fully saturated rings. The van der Waals surface area contributed by atoms with E-state index in [1.165, 1.54) is 0 Å². The average molecular weight is 445 g/mol. The van der Waals surface area contributed by atoms with Gasteiger partial charge in [-0.25, -0.2) is 4.99 Å². The largest absolute Gasteiger partial charge is 0.494 e. The number of rotatable bonds is 6. The minimum absolute atomic E-state index is 0.00609. The number of carbonyl (C=O) groups is 1. The predicted molar refractivity (Wildman–Crippen MR) is 133 cm³/mol. The van der Waals surface area contributed by atoms with Crippen LogP contribution < -0.4 is 4.74 Å². The second kappa shape index (κ2) is 10.5. The van der Waals surface area contributed by atoms with E-state index in [1.54, 1.807) is 18.9 Å². The Kier molecular flexibility index (Phi) is 7.28. The van der Waals surface area contributed by atoms with Crippen molar-refractivity contribution >= 4 is 28.5 Å². The molecule has 1 aliphatic heterocycles. The van der Waals surface area contributed by atoms with Gasteiger partial charge in [0, 0.05) is 24.6 Å². The standard InChI is InChI=1S/C27H28N2O2S/c1-20-14-15-25(31-2)24(18-20)28-27-29(16-9-17-32-27)26(30)19-23(21-10-5-3-6-11-21)22-12-7-4-8-13-22/h3-8,10-15,18,23H,9,16-17,19H2,1-2H3. The fourth-order valence-electron chi connectivity index (χ4n) is 3.96. The summed E-state index contributed by atoms with van der Waals surface area (Å²) in [6.45, 7) is 2.72. The maximum absolute atomic E-state index is 13.6. The number of aryl methyl sites for hydroxylation is 1. The molecule has 0 saturated carbocycles. The normalized spacial score (nSPS) is 15.2. The highest BCUT2D eigenvalue weighted by molar-refractivity contribution is 8.13. The summed E-state index contributed by atoms with van der Waals surface area (Å²) in [4.78, 5) is 20.3. The summed E-state index contributed by atoms with van der Waals surface area (Å²) in [7, 11) is 1.65. The van der Waals surface area contributed by atoms with Crippen LogP contribution in [0.1, 0.15) is 35.4 Å². The van der Waals surface area contributed by atoms with Crippen LogP contribution in [-0.4, -0.2) is 35.4 Å². The molecule has 164 valence electrons. The van der Waals surface area contributed by atoms with Crippen LogP contribution >= 0.6 is 11.8 Å². The molecule has 0 atom stereocenters. The van der Waals surface area contributed by atoms with Crippen LogP contribution in [0, 0.1) is 6.92 Å². The van der Waals surface area contributed by atoms with Crippen LogP contribution in [0.15, 0.2) is 83.9 Å². The second-order valence-electron chi connectivity index (χ2n) is 7.90. The lowest BCUT2D eigenvalue weighted by molar-refractivity contribution is -0.127. The Morgan fingerprint density at radius 3 is 2.31 bits per heavy atom. The molecule has 4 nitrogen and oxygen atoms in total. The molecule has 0 aliphatic carbocycles. The van der Waals surface area contributed by atoms with Gasteiger partial charge in [-0.3, -0.25) is 9.69 Å². The zero-order valence-electron chi connectivity index (χ0n) is 18.5. The van der Waals surface area contributed by atoms with Gasteiger partial charge in [-0.2, -0.15) is 0 Å². The van der Waals surface area contributed by atoms with Crippen LogP contribution in [0.4, 0.5) is 5.69 Å². The number of hydrogen-bond acceptors (Lipinski definition) is 4. The van der Waals surface area contributed by atoms with E-state index in [0.717, 1.165) is 39.7 Å². The topological polar surface area (TPSA) is 41.9 Å². The van der Waals surface area contributed by atoms with Crippen molar-refractivity contribution in [1.82, 2.24) is 4.90 Å². The first-order valence-corrected chi connectivity index (χ1v) is 11.9. The summed E-state index contributed by atoms with van der Waals surface area (Å²) in [5.74, 6) is 1.78. The molecule has 0 radical (unpaired) electrons. The third-order valence-corrected chi connectivity index (χ3v) is 6.68. The Morgan fingerprint density at radius 1 is 1.03 bits per heavy atom. The summed E-state index contributed by atoms with van der Waals surface area (Å²) in [6, 6.07) is 26.5. The van der Waals surface area contributed by atoms with Crippen LogP contribution in [-0.2, 0) is 4.79 Å². The van der Waals surface area contributed by atoms with Gasteiger partial charge in [0.15, 0.2) is 5.17 Å². The first-order valence-electron chi connectivity index (χ1n) is 10.9. The van der Waals surface area contributed by atoms with Crippen LogP contribution in [0.25, 0.3) is 0 Å². The molecule has 3 aromatic rings. The number of carbonyl (C=O) groups excluding carboxylic acids is 1. The minimum Gasteiger partial charge on any atom is -0.494 e. The first kappa shape index (κ1) is 22.2. The predicted octanol–water partition coefficient (Wildman–Crippen LogP) is 6.18. The quantitative estimate of drug-likeness (QED) is 0.456. The van der Waals surface area contributed by atoms with Crippen molar-refractivity contribution in [3.63, 3.8) is 0 Å². The molecule has 3 aromatic carbocycles. The molecule has 1 aliphatic rings. The Balaban J connectivity index is 1.63. The molecule has 1 amide bonds. The van der Waals surface area contributed by atoms with Crippen molar-refractivity contribution in [1.29, 1.82) is 0 Å². The number of thioether (sulfide) groups is 1. The Morgan fingerprint density at radius 2 is 1.69 bits per heavy atom. The number of hydrogen-bond donors (Lipinski definition) is 0. The molecule has 5 heteroatoms. The Hall–Kier alpha value is -3.05. The molecule has 0 N–H and O–H groups in total. The number of benzene rings is 3. The minimum atomic E-state index is 0.00609. The number of amidine groups is 1. The van der Waals surface area contributed by atoms with Gasteiger partial charge >= 0.3 is 0 Å². The fraction of sp³-hybridized carbons (Fsp3) is 0.259. The number of aliphatic imine (C=N–C) groups is 1. The number of amides is 1. The smallest absolute Gasteiger partial charge is 0.229 e. The highest BCUT2D eigenvalue weighted by Gasteiger charge is 2.27. The summed E-state index contributed by atoms with van der Waals surface area (Å²) in [5.41, 5.74) is 4.17. The van der Waals surface area contributed by atoms with Crippen molar-refractivity contribution < 1.29 is 9.53 Å². The summed E-state index contributed by atoms with van der Waals surface area (Å²) >= 11 is 1.64. The summed E-state index contributed by atoms with van der Waals surface area (Å²) in [5, 5.41) is 0.755. The second-order valence-corrected chi connectivity index (χ2v) is 8.96. The average Bonchev–Trinajstić information content (AvgIpc) is 2.84. The van der Waals surface area contributed by atoms with Crippen molar-refractivity contribution in [2.45, 2.75) is 25.7 Å². The van der Waals surface area contributed by atoms with Gasteiger partial charge in [0.1, 0.15) is 11.4 Å². The van der Waals surface area contributed by atoms with Crippen LogP contribution in [0.2, 0.25) is 0 Å². The number of ether oxygens (including phenoxy) is 1. The molecule has 0 aromatic heterocycles. The van der Waals surface area contributed by atoms with Gasteiger partial charge in [-0.15, -0.1) is 0 Å². The van der Waals surface area contributed by atoms with Crippen molar-refractivity contribution in [2.24, 2.45) is 4.99 Å². The molecule has 32 heavy (non-hydrogen) atoms. The Labute approximate surface area is 194 Å². The molecule has 4 rings (SSSR count). The highest BCUT2D eigenvalue weighted by Crippen LogP contribution is 2.33. The van der Waals surface area contributed by atoms with E-state index in [2.05, 4.69) is 24.3 Å². The monoisotopic (exact) mass is 444 g/mol. The third kappa shape index (κ3) is 5.22. The van der Waals surface area contributed by atoms with Gasteiger partial charge in [0.2, 0.25) is 5.91 Å². The van der Waals surface area contributed by atoms with E-state index in [0.29, 0.717) is 18.7 Å². The van der Waals surface area contributed by atoms with E-state index in [4.69, 9.17) is 9.73 Å². The van der Waals surface area contributed by atoms with E-state index in [9.17, 15) is 4.79 Å².